The molecular weight excluding hydrogens is 258 g/mol. The number of aryl methyl sites for hydroxylation is 1. The first kappa shape index (κ1) is 14.1. The largest absolute Gasteiger partial charge is 0.310 e. The van der Waals surface area contributed by atoms with Crippen LogP contribution in [0.2, 0.25) is 5.02 Å². The fraction of sp³-hybridized carbons (Fsp3) is 0.400. The second kappa shape index (κ2) is 5.76. The monoisotopic (exact) mass is 277 g/mol. The van der Waals surface area contributed by atoms with Crippen molar-refractivity contribution in [3.05, 3.63) is 46.2 Å². The second-order valence-corrected chi connectivity index (χ2v) is 5.46. The fourth-order valence-electron chi connectivity index (χ4n) is 2.10. The molecule has 0 bridgehead atoms. The highest BCUT2D eigenvalue weighted by Crippen LogP contribution is 2.23. The third-order valence-corrected chi connectivity index (χ3v) is 3.53. The molecule has 1 heterocycles. The SMILES string of the molecule is Cc1nn(-c2ccccc2Cl)c(C)c1CNC(C)C. The maximum Gasteiger partial charge on any atom is 0.0835 e. The van der Waals surface area contributed by atoms with Gasteiger partial charge in [-0.2, -0.15) is 5.10 Å². The lowest BCUT2D eigenvalue weighted by Gasteiger charge is -2.09. The zero-order valence-electron chi connectivity index (χ0n) is 11.9. The van der Waals surface area contributed by atoms with Gasteiger partial charge in [0.15, 0.2) is 0 Å². The van der Waals surface area contributed by atoms with Crippen LogP contribution in [0.1, 0.15) is 30.8 Å². The van der Waals surface area contributed by atoms with Gasteiger partial charge in [-0.25, -0.2) is 4.68 Å². The number of hydrogen-bond donors (Lipinski definition) is 1. The molecule has 0 aliphatic rings. The van der Waals surface area contributed by atoms with Crippen LogP contribution in [-0.4, -0.2) is 15.8 Å². The van der Waals surface area contributed by atoms with Gasteiger partial charge in [-0.05, 0) is 26.0 Å². The van der Waals surface area contributed by atoms with Crippen LogP contribution in [0.25, 0.3) is 5.69 Å². The van der Waals surface area contributed by atoms with Crippen LogP contribution >= 0.6 is 11.6 Å². The van der Waals surface area contributed by atoms with Gasteiger partial charge >= 0.3 is 0 Å². The maximum atomic E-state index is 6.24. The Bertz CT molecular complexity index is 573. The number of rotatable bonds is 4. The number of benzene rings is 1. The van der Waals surface area contributed by atoms with Gasteiger partial charge in [0.25, 0.3) is 0 Å². The Morgan fingerprint density at radius 3 is 2.58 bits per heavy atom. The van der Waals surface area contributed by atoms with Gasteiger partial charge < -0.3 is 5.32 Å². The first-order valence-corrected chi connectivity index (χ1v) is 6.92. The van der Waals surface area contributed by atoms with Gasteiger partial charge in [-0.3, -0.25) is 0 Å². The molecule has 2 rings (SSSR count). The normalized spacial score (nSPS) is 11.3. The highest BCUT2D eigenvalue weighted by Gasteiger charge is 2.14. The summed E-state index contributed by atoms with van der Waals surface area (Å²) in [5.41, 5.74) is 4.36. The summed E-state index contributed by atoms with van der Waals surface area (Å²) in [7, 11) is 0. The molecule has 1 aromatic heterocycles. The Morgan fingerprint density at radius 1 is 1.26 bits per heavy atom. The molecular formula is C15H20ClN3. The van der Waals surface area contributed by atoms with Crippen molar-refractivity contribution in [2.24, 2.45) is 0 Å². The van der Waals surface area contributed by atoms with E-state index in [9.17, 15) is 0 Å². The Labute approximate surface area is 119 Å². The van der Waals surface area contributed by atoms with Crippen LogP contribution in [0.15, 0.2) is 24.3 Å². The maximum absolute atomic E-state index is 6.24. The van der Waals surface area contributed by atoms with Crippen molar-refractivity contribution in [3.63, 3.8) is 0 Å². The summed E-state index contributed by atoms with van der Waals surface area (Å²) in [5.74, 6) is 0. The van der Waals surface area contributed by atoms with Crippen LogP contribution in [0.5, 0.6) is 0 Å². The zero-order valence-corrected chi connectivity index (χ0v) is 12.6. The molecule has 19 heavy (non-hydrogen) atoms. The number of nitrogens with zero attached hydrogens (tertiary/aromatic N) is 2. The van der Waals surface area contributed by atoms with Crippen molar-refractivity contribution in [2.45, 2.75) is 40.3 Å². The summed E-state index contributed by atoms with van der Waals surface area (Å²) in [6, 6.07) is 8.24. The van der Waals surface area contributed by atoms with E-state index in [2.05, 4.69) is 31.2 Å². The molecule has 0 unspecified atom stereocenters. The van der Waals surface area contributed by atoms with E-state index in [0.29, 0.717) is 6.04 Å². The minimum Gasteiger partial charge on any atom is -0.310 e. The average molecular weight is 278 g/mol. The highest BCUT2D eigenvalue weighted by atomic mass is 35.5. The van der Waals surface area contributed by atoms with E-state index >= 15 is 0 Å². The minimum absolute atomic E-state index is 0.461. The van der Waals surface area contributed by atoms with Crippen molar-refractivity contribution < 1.29 is 0 Å². The Kier molecular flexibility index (Phi) is 4.27. The number of nitrogens with one attached hydrogen (secondary N) is 1. The van der Waals surface area contributed by atoms with Gasteiger partial charge in [0.1, 0.15) is 0 Å². The molecule has 102 valence electrons. The van der Waals surface area contributed by atoms with Crippen LogP contribution in [-0.2, 0) is 6.54 Å². The zero-order chi connectivity index (χ0) is 14.0. The van der Waals surface area contributed by atoms with Crippen molar-refractivity contribution in [3.8, 4) is 5.69 Å². The molecule has 2 aromatic rings. The van der Waals surface area contributed by atoms with E-state index in [-0.39, 0.29) is 0 Å². The molecule has 0 aliphatic heterocycles. The molecule has 0 amide bonds. The third kappa shape index (κ3) is 2.99. The van der Waals surface area contributed by atoms with Gasteiger partial charge in [0.05, 0.1) is 16.4 Å². The van der Waals surface area contributed by atoms with Crippen LogP contribution in [0, 0.1) is 13.8 Å². The van der Waals surface area contributed by atoms with E-state index in [1.165, 1.54) is 5.56 Å². The predicted molar refractivity (Wildman–Crippen MR) is 80.0 cm³/mol. The molecule has 3 nitrogen and oxygen atoms in total. The molecule has 0 saturated heterocycles. The van der Waals surface area contributed by atoms with Crippen LogP contribution < -0.4 is 5.32 Å². The summed E-state index contributed by atoms with van der Waals surface area (Å²) < 4.78 is 1.93. The van der Waals surface area contributed by atoms with Crippen molar-refractivity contribution in [2.75, 3.05) is 0 Å². The minimum atomic E-state index is 0.461. The molecule has 0 spiro atoms. The van der Waals surface area contributed by atoms with Crippen molar-refractivity contribution in [1.29, 1.82) is 0 Å². The van der Waals surface area contributed by atoms with E-state index in [4.69, 9.17) is 11.6 Å². The molecule has 1 aromatic carbocycles. The summed E-state index contributed by atoms with van der Waals surface area (Å²) in [5, 5.41) is 8.77. The molecule has 4 heteroatoms. The Hall–Kier alpha value is -1.32. The number of halogens is 1. The summed E-state index contributed by atoms with van der Waals surface area (Å²) >= 11 is 6.24. The van der Waals surface area contributed by atoms with Crippen LogP contribution in [0.4, 0.5) is 0 Å². The third-order valence-electron chi connectivity index (χ3n) is 3.21. The summed E-state index contributed by atoms with van der Waals surface area (Å²) in [6.07, 6.45) is 0. The second-order valence-electron chi connectivity index (χ2n) is 5.05. The topological polar surface area (TPSA) is 29.9 Å². The smallest absolute Gasteiger partial charge is 0.0835 e. The first-order chi connectivity index (χ1) is 9.00. The van der Waals surface area contributed by atoms with Gasteiger partial charge in [-0.15, -0.1) is 0 Å². The first-order valence-electron chi connectivity index (χ1n) is 6.54. The lowest BCUT2D eigenvalue weighted by molar-refractivity contribution is 0.586. The van der Waals surface area contributed by atoms with E-state index < -0.39 is 0 Å². The molecule has 0 radical (unpaired) electrons. The van der Waals surface area contributed by atoms with E-state index in [0.717, 1.165) is 28.6 Å². The number of aromatic nitrogens is 2. The summed E-state index contributed by atoms with van der Waals surface area (Å²) in [4.78, 5) is 0. The highest BCUT2D eigenvalue weighted by molar-refractivity contribution is 6.32. The molecule has 0 fully saturated rings. The van der Waals surface area contributed by atoms with E-state index in [1.54, 1.807) is 0 Å². The average Bonchev–Trinajstić information content (AvgIpc) is 2.63. The van der Waals surface area contributed by atoms with Gasteiger partial charge in [-0.1, -0.05) is 37.6 Å². The Morgan fingerprint density at radius 2 is 1.95 bits per heavy atom. The van der Waals surface area contributed by atoms with E-state index in [1.807, 2.05) is 35.9 Å². The van der Waals surface area contributed by atoms with Gasteiger partial charge in [0.2, 0.25) is 0 Å². The lowest BCUT2D eigenvalue weighted by Crippen LogP contribution is -2.22. The van der Waals surface area contributed by atoms with Crippen molar-refractivity contribution in [1.82, 2.24) is 15.1 Å². The van der Waals surface area contributed by atoms with Crippen molar-refractivity contribution >= 4 is 11.6 Å². The molecule has 0 saturated carbocycles. The van der Waals surface area contributed by atoms with Crippen LogP contribution in [0.3, 0.4) is 0 Å². The quantitative estimate of drug-likeness (QED) is 0.925. The predicted octanol–water partition coefficient (Wildman–Crippen LogP) is 3.64. The summed E-state index contributed by atoms with van der Waals surface area (Å²) in [6.45, 7) is 9.24. The van der Waals surface area contributed by atoms with Gasteiger partial charge in [0, 0.05) is 23.8 Å². The number of hydrogen-bond acceptors (Lipinski definition) is 2. The molecule has 0 atom stereocenters. The fourth-order valence-corrected chi connectivity index (χ4v) is 2.31. The number of para-hydroxylation sites is 1. The lowest BCUT2D eigenvalue weighted by atomic mass is 10.2. The Balaban J connectivity index is 2.39. The standard InChI is InChI=1S/C15H20ClN3/c1-10(2)17-9-13-11(3)18-19(12(13)4)15-8-6-5-7-14(15)16/h5-8,10,17H,9H2,1-4H3. The molecule has 1 N–H and O–H groups in total. The molecule has 0 aliphatic carbocycles.